The van der Waals surface area contributed by atoms with Gasteiger partial charge in [-0.05, 0) is 19.9 Å². The summed E-state index contributed by atoms with van der Waals surface area (Å²) in [6, 6.07) is 0. The van der Waals surface area contributed by atoms with E-state index in [4.69, 9.17) is 11.6 Å². The Kier molecular flexibility index (Phi) is 4.70. The summed E-state index contributed by atoms with van der Waals surface area (Å²) >= 11 is 5.85. The van der Waals surface area contributed by atoms with E-state index in [1.54, 1.807) is 6.20 Å². The molecule has 0 bridgehead atoms. The summed E-state index contributed by atoms with van der Waals surface area (Å²) in [6.07, 6.45) is 6.91. The van der Waals surface area contributed by atoms with Crippen molar-refractivity contribution in [1.82, 2.24) is 14.9 Å². The topological polar surface area (TPSA) is 29.9 Å². The maximum Gasteiger partial charge on any atom is 0.128 e. The number of nitrogens with one attached hydrogen (secondary N) is 1. The minimum Gasteiger partial charge on any atom is -0.321 e. The molecule has 0 saturated carbocycles. The average molecular weight is 214 g/mol. The fraction of sp³-hybridized carbons (Fsp3) is 0.500. The molecule has 1 aromatic heterocycles. The van der Waals surface area contributed by atoms with Crippen LogP contribution in [-0.2, 0) is 13.6 Å². The second kappa shape index (κ2) is 5.83. The summed E-state index contributed by atoms with van der Waals surface area (Å²) < 4.78 is 1.88. The highest BCUT2D eigenvalue weighted by atomic mass is 35.5. The molecule has 3 nitrogen and oxygen atoms in total. The van der Waals surface area contributed by atoms with E-state index in [-0.39, 0.29) is 0 Å². The molecule has 1 rings (SSSR count). The smallest absolute Gasteiger partial charge is 0.128 e. The van der Waals surface area contributed by atoms with Gasteiger partial charge in [-0.25, -0.2) is 4.98 Å². The predicted octanol–water partition coefficient (Wildman–Crippen LogP) is 2.13. The van der Waals surface area contributed by atoms with Crippen LogP contribution in [0.3, 0.4) is 0 Å². The third-order valence-corrected chi connectivity index (χ3v) is 2.39. The standard InChI is InChI=1S/C10H16ClN3/c1-3-4-5-6-12-8-10-13-7-9(11)14(10)2/h3-4,7,12H,5-6,8H2,1-2H3/b4-3+. The number of hydrogen-bond donors (Lipinski definition) is 1. The van der Waals surface area contributed by atoms with Crippen LogP contribution in [0.15, 0.2) is 18.3 Å². The molecule has 0 aliphatic heterocycles. The number of halogens is 1. The summed E-state index contributed by atoms with van der Waals surface area (Å²) in [7, 11) is 1.91. The second-order valence-electron chi connectivity index (χ2n) is 3.09. The molecule has 1 aromatic rings. The first-order chi connectivity index (χ1) is 6.75. The zero-order valence-corrected chi connectivity index (χ0v) is 9.38. The van der Waals surface area contributed by atoms with Gasteiger partial charge in [-0.15, -0.1) is 0 Å². The summed E-state index contributed by atoms with van der Waals surface area (Å²) in [5.41, 5.74) is 0. The second-order valence-corrected chi connectivity index (χ2v) is 3.48. The van der Waals surface area contributed by atoms with E-state index >= 15 is 0 Å². The fourth-order valence-corrected chi connectivity index (χ4v) is 1.29. The normalized spacial score (nSPS) is 11.4. The maximum absolute atomic E-state index is 5.85. The molecule has 0 spiro atoms. The monoisotopic (exact) mass is 213 g/mol. The molecule has 0 amide bonds. The van der Waals surface area contributed by atoms with Crippen LogP contribution in [0.25, 0.3) is 0 Å². The summed E-state index contributed by atoms with van der Waals surface area (Å²) in [5, 5.41) is 3.97. The van der Waals surface area contributed by atoms with Crippen LogP contribution in [0.1, 0.15) is 19.2 Å². The van der Waals surface area contributed by atoms with Crippen LogP contribution < -0.4 is 5.32 Å². The van der Waals surface area contributed by atoms with Crippen molar-refractivity contribution >= 4 is 11.6 Å². The number of imidazole rings is 1. The molecule has 1 heterocycles. The van der Waals surface area contributed by atoms with Crippen molar-refractivity contribution in [2.45, 2.75) is 19.9 Å². The molecule has 4 heteroatoms. The number of nitrogens with zero attached hydrogens (tertiary/aromatic N) is 2. The van der Waals surface area contributed by atoms with Crippen LogP contribution in [-0.4, -0.2) is 16.1 Å². The number of allylic oxidation sites excluding steroid dienone is 1. The molecule has 0 aromatic carbocycles. The number of aromatic nitrogens is 2. The van der Waals surface area contributed by atoms with E-state index in [2.05, 4.69) is 22.5 Å². The highest BCUT2D eigenvalue weighted by Crippen LogP contribution is 2.08. The van der Waals surface area contributed by atoms with Crippen LogP contribution in [0.5, 0.6) is 0 Å². The SMILES string of the molecule is C/C=C/CCNCc1ncc(Cl)n1C. The molecule has 0 radical (unpaired) electrons. The van der Waals surface area contributed by atoms with Crippen LogP contribution in [0, 0.1) is 0 Å². The Morgan fingerprint density at radius 3 is 3.00 bits per heavy atom. The van der Waals surface area contributed by atoms with Gasteiger partial charge in [0.1, 0.15) is 11.0 Å². The molecule has 0 aliphatic rings. The third kappa shape index (κ3) is 3.16. The molecule has 0 fully saturated rings. The maximum atomic E-state index is 5.85. The lowest BCUT2D eigenvalue weighted by molar-refractivity contribution is 0.643. The average Bonchev–Trinajstić information content (AvgIpc) is 2.49. The van der Waals surface area contributed by atoms with E-state index in [0.717, 1.165) is 25.3 Å². The lowest BCUT2D eigenvalue weighted by atomic mass is 10.4. The summed E-state index contributed by atoms with van der Waals surface area (Å²) in [4.78, 5) is 4.18. The van der Waals surface area contributed by atoms with Crippen molar-refractivity contribution in [3.8, 4) is 0 Å². The predicted molar refractivity (Wildman–Crippen MR) is 59.4 cm³/mol. The zero-order valence-electron chi connectivity index (χ0n) is 8.63. The van der Waals surface area contributed by atoms with Gasteiger partial charge in [0.05, 0.1) is 12.7 Å². The Morgan fingerprint density at radius 2 is 2.43 bits per heavy atom. The molecule has 0 aliphatic carbocycles. The first kappa shape index (κ1) is 11.3. The summed E-state index contributed by atoms with van der Waals surface area (Å²) in [5.74, 6) is 0.968. The van der Waals surface area contributed by atoms with Crippen molar-refractivity contribution in [2.75, 3.05) is 6.54 Å². The van der Waals surface area contributed by atoms with Gasteiger partial charge >= 0.3 is 0 Å². The van der Waals surface area contributed by atoms with E-state index in [9.17, 15) is 0 Å². The van der Waals surface area contributed by atoms with E-state index in [1.165, 1.54) is 0 Å². The zero-order chi connectivity index (χ0) is 10.4. The van der Waals surface area contributed by atoms with Gasteiger partial charge in [0, 0.05) is 7.05 Å². The number of hydrogen-bond acceptors (Lipinski definition) is 2. The van der Waals surface area contributed by atoms with E-state index in [0.29, 0.717) is 5.15 Å². The lowest BCUT2D eigenvalue weighted by Crippen LogP contribution is -2.17. The van der Waals surface area contributed by atoms with Gasteiger partial charge in [0.15, 0.2) is 0 Å². The molecule has 0 saturated heterocycles. The molecule has 0 atom stereocenters. The van der Waals surface area contributed by atoms with Crippen LogP contribution >= 0.6 is 11.6 Å². The Morgan fingerprint density at radius 1 is 1.64 bits per heavy atom. The third-order valence-electron chi connectivity index (χ3n) is 2.03. The van der Waals surface area contributed by atoms with Crippen LogP contribution in [0.2, 0.25) is 5.15 Å². The largest absolute Gasteiger partial charge is 0.321 e. The highest BCUT2D eigenvalue weighted by Gasteiger charge is 2.02. The molecular weight excluding hydrogens is 198 g/mol. The Hall–Kier alpha value is -0.800. The molecular formula is C10H16ClN3. The van der Waals surface area contributed by atoms with Gasteiger partial charge in [-0.3, -0.25) is 0 Å². The Balaban J connectivity index is 2.28. The Bertz CT molecular complexity index is 304. The first-order valence-electron chi connectivity index (χ1n) is 4.73. The van der Waals surface area contributed by atoms with Gasteiger partial charge in [0.25, 0.3) is 0 Å². The van der Waals surface area contributed by atoms with Crippen molar-refractivity contribution in [3.05, 3.63) is 29.3 Å². The van der Waals surface area contributed by atoms with Crippen molar-refractivity contribution < 1.29 is 0 Å². The molecule has 14 heavy (non-hydrogen) atoms. The van der Waals surface area contributed by atoms with E-state index < -0.39 is 0 Å². The van der Waals surface area contributed by atoms with Gasteiger partial charge in [-0.2, -0.15) is 0 Å². The van der Waals surface area contributed by atoms with Crippen molar-refractivity contribution in [2.24, 2.45) is 7.05 Å². The minimum absolute atomic E-state index is 0.676. The van der Waals surface area contributed by atoms with Gasteiger partial charge < -0.3 is 9.88 Å². The van der Waals surface area contributed by atoms with Gasteiger partial charge in [0.2, 0.25) is 0 Å². The van der Waals surface area contributed by atoms with Gasteiger partial charge in [-0.1, -0.05) is 23.8 Å². The Labute approximate surface area is 89.8 Å². The van der Waals surface area contributed by atoms with Crippen LogP contribution in [0.4, 0.5) is 0 Å². The summed E-state index contributed by atoms with van der Waals surface area (Å²) in [6.45, 7) is 3.76. The fourth-order valence-electron chi connectivity index (χ4n) is 1.14. The van der Waals surface area contributed by atoms with E-state index in [1.807, 2.05) is 18.5 Å². The molecule has 78 valence electrons. The molecule has 1 N–H and O–H groups in total. The minimum atomic E-state index is 0.676. The molecule has 0 unspecified atom stereocenters. The lowest BCUT2D eigenvalue weighted by Gasteiger charge is -2.03. The first-order valence-corrected chi connectivity index (χ1v) is 5.11. The number of rotatable bonds is 5. The van der Waals surface area contributed by atoms with Crippen molar-refractivity contribution in [1.29, 1.82) is 0 Å². The quantitative estimate of drug-likeness (QED) is 0.600. The highest BCUT2D eigenvalue weighted by molar-refractivity contribution is 6.29. The van der Waals surface area contributed by atoms with Crippen molar-refractivity contribution in [3.63, 3.8) is 0 Å².